The highest BCUT2D eigenvalue weighted by Crippen LogP contribution is 2.32. The highest BCUT2D eigenvalue weighted by Gasteiger charge is 2.36. The summed E-state index contributed by atoms with van der Waals surface area (Å²) in [6.07, 6.45) is -0.293. The molecular formula is C28H34ClN3O5. The molecule has 0 fully saturated rings. The van der Waals surface area contributed by atoms with E-state index >= 15 is 0 Å². The number of aryl methyl sites for hydroxylation is 2. The van der Waals surface area contributed by atoms with E-state index in [0.29, 0.717) is 16.3 Å². The molecule has 0 bridgehead atoms. The molecule has 1 heterocycles. The zero-order valence-corrected chi connectivity index (χ0v) is 22.8. The fourth-order valence-electron chi connectivity index (χ4n) is 3.67. The smallest absolute Gasteiger partial charge is 0.305 e. The standard InChI is InChI=1S/C28H34ClN3O5/c1-17-11-12-19(18(2)13-17)21(15-25(33)34)30-26(35)22-14-24(37-16-28(6,36)27(3,4)5)32(31-22)23-10-8-7-9-20(23)29/h7-14,21,36H,15-16H2,1-6H3,(H,30,35)(H,33,34). The summed E-state index contributed by atoms with van der Waals surface area (Å²) in [6.45, 7) is 11.1. The predicted octanol–water partition coefficient (Wildman–Crippen LogP) is 5.26. The van der Waals surface area contributed by atoms with Crippen molar-refractivity contribution in [3.8, 4) is 11.6 Å². The highest BCUT2D eigenvalue weighted by atomic mass is 35.5. The molecule has 0 aliphatic carbocycles. The lowest BCUT2D eigenvalue weighted by Gasteiger charge is -2.36. The lowest BCUT2D eigenvalue weighted by Crippen LogP contribution is -2.45. The largest absolute Gasteiger partial charge is 0.481 e. The number of benzene rings is 2. The van der Waals surface area contributed by atoms with Crippen molar-refractivity contribution < 1.29 is 24.5 Å². The van der Waals surface area contributed by atoms with E-state index in [9.17, 15) is 19.8 Å². The van der Waals surface area contributed by atoms with Crippen LogP contribution in [0.2, 0.25) is 5.02 Å². The number of carboxylic acids is 1. The van der Waals surface area contributed by atoms with Crippen LogP contribution in [0.3, 0.4) is 0 Å². The van der Waals surface area contributed by atoms with Gasteiger partial charge in [0.25, 0.3) is 5.91 Å². The van der Waals surface area contributed by atoms with Crippen LogP contribution in [0.25, 0.3) is 5.69 Å². The third kappa shape index (κ3) is 6.70. The Kier molecular flexibility index (Phi) is 8.35. The van der Waals surface area contributed by atoms with Crippen LogP contribution in [0.5, 0.6) is 5.88 Å². The van der Waals surface area contributed by atoms with Crippen molar-refractivity contribution in [3.05, 3.63) is 75.9 Å². The molecule has 0 saturated carbocycles. The first-order chi connectivity index (χ1) is 17.2. The Morgan fingerprint density at radius 1 is 1.11 bits per heavy atom. The number of hydrogen-bond acceptors (Lipinski definition) is 5. The van der Waals surface area contributed by atoms with Gasteiger partial charge in [0.1, 0.15) is 12.2 Å². The molecule has 3 N–H and O–H groups in total. The lowest BCUT2D eigenvalue weighted by molar-refractivity contribution is -0.137. The maximum Gasteiger partial charge on any atom is 0.305 e. The number of carbonyl (C=O) groups excluding carboxylic acids is 1. The topological polar surface area (TPSA) is 114 Å². The molecule has 0 saturated heterocycles. The number of aliphatic carboxylic acids is 1. The number of para-hydroxylation sites is 1. The summed E-state index contributed by atoms with van der Waals surface area (Å²) in [6, 6.07) is 13.3. The maximum absolute atomic E-state index is 13.3. The van der Waals surface area contributed by atoms with Crippen LogP contribution in [0.15, 0.2) is 48.5 Å². The molecule has 0 aliphatic rings. The number of hydrogen-bond donors (Lipinski definition) is 3. The first-order valence-corrected chi connectivity index (χ1v) is 12.4. The Morgan fingerprint density at radius 2 is 1.78 bits per heavy atom. The fourth-order valence-corrected chi connectivity index (χ4v) is 3.88. The molecule has 3 aromatic rings. The summed E-state index contributed by atoms with van der Waals surface area (Å²) < 4.78 is 7.37. The second-order valence-corrected chi connectivity index (χ2v) is 10.9. The zero-order valence-electron chi connectivity index (χ0n) is 22.0. The maximum atomic E-state index is 13.3. The monoisotopic (exact) mass is 527 g/mol. The molecule has 3 rings (SSSR count). The van der Waals surface area contributed by atoms with E-state index in [0.717, 1.165) is 11.1 Å². The van der Waals surface area contributed by atoms with Gasteiger partial charge in [-0.25, -0.2) is 0 Å². The average molecular weight is 528 g/mol. The predicted molar refractivity (Wildman–Crippen MR) is 143 cm³/mol. The summed E-state index contributed by atoms with van der Waals surface area (Å²) in [5, 5.41) is 28.0. The van der Waals surface area contributed by atoms with Crippen LogP contribution in [-0.4, -0.2) is 44.1 Å². The molecule has 1 amide bonds. The Bertz CT molecular complexity index is 1290. The molecule has 0 spiro atoms. The number of nitrogens with zero attached hydrogens (tertiary/aromatic N) is 2. The number of rotatable bonds is 9. The SMILES string of the molecule is Cc1ccc(C(CC(=O)O)NC(=O)c2cc(OCC(C)(O)C(C)(C)C)n(-c3ccccc3Cl)n2)c(C)c1. The van der Waals surface area contributed by atoms with Crippen LogP contribution >= 0.6 is 11.6 Å². The number of nitrogens with one attached hydrogen (secondary N) is 1. The third-order valence-electron chi connectivity index (χ3n) is 6.59. The molecule has 2 unspecified atom stereocenters. The van der Waals surface area contributed by atoms with Gasteiger partial charge in [-0.2, -0.15) is 9.78 Å². The van der Waals surface area contributed by atoms with Gasteiger partial charge in [-0.3, -0.25) is 9.59 Å². The fraction of sp³-hybridized carbons (Fsp3) is 0.393. The van der Waals surface area contributed by atoms with Crippen molar-refractivity contribution in [1.82, 2.24) is 15.1 Å². The summed E-state index contributed by atoms with van der Waals surface area (Å²) >= 11 is 6.40. The van der Waals surface area contributed by atoms with E-state index in [-0.39, 0.29) is 24.6 Å². The number of amides is 1. The molecule has 198 valence electrons. The number of ether oxygens (including phenoxy) is 1. The van der Waals surface area contributed by atoms with Crippen molar-refractivity contribution in [2.24, 2.45) is 5.41 Å². The first kappa shape index (κ1) is 28.2. The molecule has 1 aromatic heterocycles. The number of halogens is 1. The van der Waals surface area contributed by atoms with E-state index in [2.05, 4.69) is 10.4 Å². The summed E-state index contributed by atoms with van der Waals surface area (Å²) in [7, 11) is 0. The highest BCUT2D eigenvalue weighted by molar-refractivity contribution is 6.32. The van der Waals surface area contributed by atoms with Gasteiger partial charge in [0.05, 0.1) is 23.2 Å². The van der Waals surface area contributed by atoms with Crippen molar-refractivity contribution in [2.75, 3.05) is 6.61 Å². The second-order valence-electron chi connectivity index (χ2n) is 10.5. The Labute approximate surface area is 222 Å². The van der Waals surface area contributed by atoms with Gasteiger partial charge < -0.3 is 20.3 Å². The molecule has 2 atom stereocenters. The van der Waals surface area contributed by atoms with Crippen LogP contribution in [0, 0.1) is 19.3 Å². The molecular weight excluding hydrogens is 494 g/mol. The van der Waals surface area contributed by atoms with Crippen molar-refractivity contribution in [3.63, 3.8) is 0 Å². The van der Waals surface area contributed by atoms with Gasteiger partial charge in [-0.15, -0.1) is 0 Å². The van der Waals surface area contributed by atoms with Gasteiger partial charge >= 0.3 is 5.97 Å². The minimum Gasteiger partial charge on any atom is -0.481 e. The van der Waals surface area contributed by atoms with Crippen LogP contribution in [-0.2, 0) is 4.79 Å². The second kappa shape index (κ2) is 10.9. The number of carboxylic acid groups (broad SMARTS) is 1. The van der Waals surface area contributed by atoms with Crippen LogP contribution < -0.4 is 10.1 Å². The lowest BCUT2D eigenvalue weighted by atomic mass is 9.78. The van der Waals surface area contributed by atoms with Crippen LogP contribution in [0.1, 0.15) is 67.3 Å². The summed E-state index contributed by atoms with van der Waals surface area (Å²) in [4.78, 5) is 24.9. The molecule has 0 aliphatic heterocycles. The zero-order chi connectivity index (χ0) is 27.5. The van der Waals surface area contributed by atoms with E-state index in [1.807, 2.05) is 52.8 Å². The van der Waals surface area contributed by atoms with Gasteiger partial charge in [-0.1, -0.05) is 68.3 Å². The molecule has 0 radical (unpaired) electrons. The Hall–Kier alpha value is -3.36. The van der Waals surface area contributed by atoms with Gasteiger partial charge in [0.15, 0.2) is 5.69 Å². The first-order valence-electron chi connectivity index (χ1n) is 12.0. The number of aliphatic hydroxyl groups is 1. The Morgan fingerprint density at radius 3 is 2.38 bits per heavy atom. The van der Waals surface area contributed by atoms with E-state index in [4.69, 9.17) is 16.3 Å². The third-order valence-corrected chi connectivity index (χ3v) is 6.91. The van der Waals surface area contributed by atoms with E-state index in [1.54, 1.807) is 31.2 Å². The molecule has 37 heavy (non-hydrogen) atoms. The van der Waals surface area contributed by atoms with E-state index in [1.165, 1.54) is 10.7 Å². The van der Waals surface area contributed by atoms with Crippen molar-refractivity contribution >= 4 is 23.5 Å². The van der Waals surface area contributed by atoms with Gasteiger partial charge in [0.2, 0.25) is 5.88 Å². The average Bonchev–Trinajstić information content (AvgIpc) is 3.21. The summed E-state index contributed by atoms with van der Waals surface area (Å²) in [5.74, 6) is -1.39. The van der Waals surface area contributed by atoms with Gasteiger partial charge in [0, 0.05) is 6.07 Å². The van der Waals surface area contributed by atoms with Crippen molar-refractivity contribution in [2.45, 2.75) is 59.6 Å². The normalized spacial score (nSPS) is 14.1. The molecule has 8 nitrogen and oxygen atoms in total. The molecule has 9 heteroatoms. The summed E-state index contributed by atoms with van der Waals surface area (Å²) in [5.41, 5.74) is 1.48. The minimum absolute atomic E-state index is 0.0190. The number of carbonyl (C=O) groups is 2. The Balaban J connectivity index is 1.97. The quantitative estimate of drug-likeness (QED) is 0.349. The molecule has 2 aromatic carbocycles. The van der Waals surface area contributed by atoms with E-state index < -0.39 is 28.9 Å². The van der Waals surface area contributed by atoms with Gasteiger partial charge in [-0.05, 0) is 49.4 Å². The van der Waals surface area contributed by atoms with Crippen LogP contribution in [0.4, 0.5) is 0 Å². The number of aromatic nitrogens is 2. The minimum atomic E-state index is -1.18. The van der Waals surface area contributed by atoms with Crippen molar-refractivity contribution in [1.29, 1.82) is 0 Å².